The van der Waals surface area contributed by atoms with Crippen LogP contribution < -0.4 is 0 Å². The molecular weight excluding hydrogens is 252 g/mol. The highest BCUT2D eigenvalue weighted by molar-refractivity contribution is 9.11. The van der Waals surface area contributed by atoms with Gasteiger partial charge in [0.15, 0.2) is 5.84 Å². The van der Waals surface area contributed by atoms with Gasteiger partial charge in [-0.25, -0.2) is 14.8 Å². The van der Waals surface area contributed by atoms with Crippen LogP contribution in [0.1, 0.15) is 0 Å². The fourth-order valence-corrected chi connectivity index (χ4v) is 1.59. The van der Waals surface area contributed by atoms with Crippen molar-refractivity contribution < 1.29 is 15.0 Å². The maximum atomic E-state index is 10.8. The molecule has 0 aromatic carbocycles. The third-order valence-corrected chi connectivity index (χ3v) is 2.56. The summed E-state index contributed by atoms with van der Waals surface area (Å²) in [6.07, 6.45) is 1.61. The summed E-state index contributed by atoms with van der Waals surface area (Å²) in [4.78, 5) is 18.4. The van der Waals surface area contributed by atoms with Crippen molar-refractivity contribution in [2.45, 2.75) is 6.10 Å². The number of aliphatic carboxylic acids is 1. The summed E-state index contributed by atoms with van der Waals surface area (Å²) < 4.78 is 0.431. The molecule has 0 fully saturated rings. The van der Waals surface area contributed by atoms with Gasteiger partial charge in [-0.1, -0.05) is 15.9 Å². The van der Waals surface area contributed by atoms with Gasteiger partial charge in [0.05, 0.1) is 5.57 Å². The highest BCUT2D eigenvalue weighted by Gasteiger charge is 2.31. The number of aliphatic hydroxyl groups is 1. The van der Waals surface area contributed by atoms with Gasteiger partial charge in [0, 0.05) is 22.5 Å². The molecule has 0 saturated heterocycles. The molecule has 6 heteroatoms. The van der Waals surface area contributed by atoms with Gasteiger partial charge in [-0.3, -0.25) is 0 Å². The summed E-state index contributed by atoms with van der Waals surface area (Å²) in [5.41, 5.74) is 0.230. The third-order valence-electron chi connectivity index (χ3n) is 1.92. The van der Waals surface area contributed by atoms with E-state index in [1.54, 1.807) is 0 Å². The average Bonchev–Trinajstić information content (AvgIpc) is 2.55. The fourth-order valence-electron chi connectivity index (χ4n) is 1.26. The number of hydrogen-bond acceptors (Lipinski definition) is 4. The highest BCUT2D eigenvalue weighted by atomic mass is 79.9. The SMILES string of the molecule is O=C(O)C1=C2C(=NC=C(Br)[C@@H]2O)N=C1. The minimum Gasteiger partial charge on any atom is -0.478 e. The monoisotopic (exact) mass is 256 g/mol. The largest absolute Gasteiger partial charge is 0.478 e. The summed E-state index contributed by atoms with van der Waals surface area (Å²) in [6.45, 7) is 0. The van der Waals surface area contributed by atoms with Crippen molar-refractivity contribution in [1.29, 1.82) is 0 Å². The summed E-state index contributed by atoms with van der Waals surface area (Å²) in [7, 11) is 0. The Morgan fingerprint density at radius 3 is 2.93 bits per heavy atom. The minimum absolute atomic E-state index is 0.0127. The molecule has 0 aromatic heterocycles. The van der Waals surface area contributed by atoms with E-state index in [2.05, 4.69) is 25.9 Å². The number of aliphatic hydroxyl groups excluding tert-OH is 1. The van der Waals surface area contributed by atoms with Gasteiger partial charge in [0.1, 0.15) is 6.10 Å². The second-order valence-electron chi connectivity index (χ2n) is 2.76. The first-order valence-corrected chi connectivity index (χ1v) is 4.54. The Hall–Kier alpha value is -1.27. The van der Waals surface area contributed by atoms with Crippen LogP contribution in [0.5, 0.6) is 0 Å². The van der Waals surface area contributed by atoms with Crippen LogP contribution in [-0.2, 0) is 4.79 Å². The van der Waals surface area contributed by atoms with Crippen LogP contribution in [-0.4, -0.2) is 34.3 Å². The number of rotatable bonds is 1. The van der Waals surface area contributed by atoms with Crippen LogP contribution in [0.2, 0.25) is 0 Å². The molecule has 0 amide bonds. The smallest absolute Gasteiger partial charge is 0.337 e. The van der Waals surface area contributed by atoms with Crippen LogP contribution >= 0.6 is 15.9 Å². The number of halogens is 1. The highest BCUT2D eigenvalue weighted by Crippen LogP contribution is 2.28. The summed E-state index contributed by atoms with van der Waals surface area (Å²) in [5.74, 6) is -0.853. The molecule has 2 rings (SSSR count). The quantitative estimate of drug-likeness (QED) is 0.715. The van der Waals surface area contributed by atoms with E-state index in [-0.39, 0.29) is 17.0 Å². The molecule has 0 bridgehead atoms. The van der Waals surface area contributed by atoms with Gasteiger partial charge in [-0.15, -0.1) is 0 Å². The number of carboxylic acid groups (broad SMARTS) is 1. The Morgan fingerprint density at radius 1 is 1.57 bits per heavy atom. The Morgan fingerprint density at radius 2 is 2.29 bits per heavy atom. The zero-order chi connectivity index (χ0) is 10.3. The van der Waals surface area contributed by atoms with E-state index in [0.717, 1.165) is 0 Å². The van der Waals surface area contributed by atoms with Crippen LogP contribution in [0.4, 0.5) is 0 Å². The predicted molar refractivity (Wildman–Crippen MR) is 53.6 cm³/mol. The number of fused-ring (bicyclic) bond motifs is 1. The van der Waals surface area contributed by atoms with E-state index < -0.39 is 12.1 Å². The van der Waals surface area contributed by atoms with Crippen LogP contribution in [0.15, 0.2) is 31.8 Å². The molecule has 14 heavy (non-hydrogen) atoms. The third kappa shape index (κ3) is 1.23. The number of nitrogens with zero attached hydrogens (tertiary/aromatic N) is 2. The number of aliphatic imine (C=N–C) groups is 2. The molecule has 2 N–H and O–H groups in total. The average molecular weight is 257 g/mol. The lowest BCUT2D eigenvalue weighted by atomic mass is 10.0. The van der Waals surface area contributed by atoms with E-state index in [1.165, 1.54) is 12.4 Å². The molecule has 2 aliphatic heterocycles. The van der Waals surface area contributed by atoms with Crippen molar-refractivity contribution in [2.75, 3.05) is 0 Å². The topological polar surface area (TPSA) is 82.2 Å². The Balaban J connectivity index is 2.55. The molecule has 72 valence electrons. The number of carboxylic acids is 1. The number of hydrogen-bond donors (Lipinski definition) is 2. The van der Waals surface area contributed by atoms with Gasteiger partial charge in [-0.2, -0.15) is 0 Å². The summed E-state index contributed by atoms with van der Waals surface area (Å²) in [6, 6.07) is 0. The first kappa shape index (κ1) is 9.29. The predicted octanol–water partition coefficient (Wildman–Crippen LogP) is 0.461. The van der Waals surface area contributed by atoms with Crippen molar-refractivity contribution >= 4 is 33.9 Å². The molecule has 0 unspecified atom stereocenters. The lowest BCUT2D eigenvalue weighted by molar-refractivity contribution is -0.132. The van der Waals surface area contributed by atoms with E-state index in [4.69, 9.17) is 5.11 Å². The second-order valence-corrected chi connectivity index (χ2v) is 3.68. The molecule has 5 nitrogen and oxygen atoms in total. The lowest BCUT2D eigenvalue weighted by Crippen LogP contribution is -2.21. The van der Waals surface area contributed by atoms with Gasteiger partial charge < -0.3 is 10.2 Å². The molecule has 0 aliphatic carbocycles. The van der Waals surface area contributed by atoms with Crippen LogP contribution in [0.3, 0.4) is 0 Å². The molecule has 2 heterocycles. The van der Waals surface area contributed by atoms with E-state index >= 15 is 0 Å². The molecule has 2 aliphatic rings. The van der Waals surface area contributed by atoms with E-state index in [1.807, 2.05) is 0 Å². The van der Waals surface area contributed by atoms with Gasteiger partial charge >= 0.3 is 5.97 Å². The molecule has 1 atom stereocenters. The first-order chi connectivity index (χ1) is 6.61. The normalized spacial score (nSPS) is 24.6. The molecule has 0 spiro atoms. The molecule has 0 saturated carbocycles. The maximum absolute atomic E-state index is 10.8. The van der Waals surface area contributed by atoms with E-state index in [9.17, 15) is 9.90 Å². The zero-order valence-corrected chi connectivity index (χ0v) is 8.39. The minimum atomic E-state index is -1.12. The standard InChI is InChI=1S/C8H5BrN2O3/c9-4-2-11-7-5(6(4)12)3(1-10-7)8(13)14/h1-2,6,12H,(H,13,14)/t6-/m0/s1. The Bertz CT molecular complexity index is 434. The Labute approximate surface area is 87.3 Å². The summed E-state index contributed by atoms with van der Waals surface area (Å²) >= 11 is 3.09. The second kappa shape index (κ2) is 3.14. The maximum Gasteiger partial charge on any atom is 0.337 e. The first-order valence-electron chi connectivity index (χ1n) is 3.74. The van der Waals surface area contributed by atoms with Gasteiger partial charge in [0.2, 0.25) is 0 Å². The van der Waals surface area contributed by atoms with Crippen molar-refractivity contribution in [2.24, 2.45) is 9.98 Å². The van der Waals surface area contributed by atoms with Crippen molar-refractivity contribution in [3.8, 4) is 0 Å². The fraction of sp³-hybridized carbons (Fsp3) is 0.125. The van der Waals surface area contributed by atoms with Crippen LogP contribution in [0, 0.1) is 0 Å². The number of amidine groups is 1. The summed E-state index contributed by atoms with van der Waals surface area (Å²) in [5, 5.41) is 18.5. The van der Waals surface area contributed by atoms with Gasteiger partial charge in [0.25, 0.3) is 0 Å². The van der Waals surface area contributed by atoms with Gasteiger partial charge in [-0.05, 0) is 0 Å². The molecule has 0 radical (unpaired) electrons. The number of carbonyl (C=O) groups is 1. The van der Waals surface area contributed by atoms with Crippen molar-refractivity contribution in [1.82, 2.24) is 0 Å². The van der Waals surface area contributed by atoms with E-state index in [0.29, 0.717) is 4.48 Å². The van der Waals surface area contributed by atoms with Crippen LogP contribution in [0.25, 0.3) is 0 Å². The molecular formula is C8H5BrN2O3. The molecule has 0 aromatic rings. The lowest BCUT2D eigenvalue weighted by Gasteiger charge is -2.15. The van der Waals surface area contributed by atoms with Crippen molar-refractivity contribution in [3.05, 3.63) is 21.8 Å². The zero-order valence-electron chi connectivity index (χ0n) is 6.81. The Kier molecular flexibility index (Phi) is 2.09. The van der Waals surface area contributed by atoms with Crippen molar-refractivity contribution in [3.63, 3.8) is 0 Å².